The third-order valence-corrected chi connectivity index (χ3v) is 6.78. The van der Waals surface area contributed by atoms with E-state index in [1.165, 1.54) is 11.8 Å². The molecule has 1 aliphatic rings. The molecule has 7 nitrogen and oxygen atoms in total. The van der Waals surface area contributed by atoms with Crippen LogP contribution in [0.25, 0.3) is 0 Å². The third-order valence-electron chi connectivity index (χ3n) is 5.43. The second-order valence-corrected chi connectivity index (χ2v) is 9.09. The quantitative estimate of drug-likeness (QED) is 0.538. The molecule has 2 amide bonds. The Morgan fingerprint density at radius 3 is 2.78 bits per heavy atom. The summed E-state index contributed by atoms with van der Waals surface area (Å²) < 4.78 is 1.87. The van der Waals surface area contributed by atoms with E-state index >= 15 is 0 Å². The third kappa shape index (κ3) is 4.81. The van der Waals surface area contributed by atoms with Crippen molar-refractivity contribution in [2.45, 2.75) is 31.0 Å². The molecule has 9 heteroatoms. The Labute approximate surface area is 196 Å². The lowest BCUT2D eigenvalue weighted by molar-refractivity contribution is -0.113. The topological polar surface area (TPSA) is 80.1 Å². The minimum Gasteiger partial charge on any atom is -0.328 e. The zero-order valence-corrected chi connectivity index (χ0v) is 19.5. The fourth-order valence-electron chi connectivity index (χ4n) is 3.84. The summed E-state index contributed by atoms with van der Waals surface area (Å²) >= 11 is 7.40. The number of hydrogen-bond acceptors (Lipinski definition) is 5. The van der Waals surface area contributed by atoms with E-state index in [1.54, 1.807) is 12.1 Å². The van der Waals surface area contributed by atoms with E-state index in [1.807, 2.05) is 59.8 Å². The minimum absolute atomic E-state index is 0.00696. The molecule has 1 N–H and O–H groups in total. The van der Waals surface area contributed by atoms with Gasteiger partial charge in [-0.15, -0.1) is 10.2 Å². The number of benzene rings is 2. The number of thioether (sulfide) groups is 1. The Morgan fingerprint density at radius 2 is 2.00 bits per heavy atom. The van der Waals surface area contributed by atoms with E-state index in [0.717, 1.165) is 24.2 Å². The number of aryl methyl sites for hydroxylation is 1. The van der Waals surface area contributed by atoms with Crippen molar-refractivity contribution in [3.05, 3.63) is 70.5 Å². The van der Waals surface area contributed by atoms with E-state index < -0.39 is 0 Å². The van der Waals surface area contributed by atoms with Crippen LogP contribution in [-0.2, 0) is 11.8 Å². The van der Waals surface area contributed by atoms with Gasteiger partial charge in [0.1, 0.15) is 0 Å². The van der Waals surface area contributed by atoms with Gasteiger partial charge >= 0.3 is 0 Å². The number of para-hydroxylation sites is 1. The van der Waals surface area contributed by atoms with Crippen LogP contribution in [0.1, 0.15) is 40.6 Å². The summed E-state index contributed by atoms with van der Waals surface area (Å²) in [6.45, 7) is 2.67. The first kappa shape index (κ1) is 22.4. The average Bonchev–Trinajstić information content (AvgIpc) is 3.40. The first-order valence-electron chi connectivity index (χ1n) is 10.4. The Bertz CT molecular complexity index is 1150. The number of nitrogens with one attached hydrogen (secondary N) is 1. The van der Waals surface area contributed by atoms with Crippen LogP contribution < -0.4 is 5.32 Å². The first-order chi connectivity index (χ1) is 15.4. The molecule has 2 aromatic carbocycles. The summed E-state index contributed by atoms with van der Waals surface area (Å²) in [7, 11) is 1.87. The maximum Gasteiger partial charge on any atom is 0.254 e. The molecule has 1 saturated heterocycles. The first-order valence-corrected chi connectivity index (χ1v) is 11.7. The number of hydrogen-bond donors (Lipinski definition) is 1. The number of likely N-dealkylation sites (tertiary alicyclic amines) is 1. The Kier molecular flexibility index (Phi) is 6.81. The highest BCUT2D eigenvalue weighted by molar-refractivity contribution is 7.99. The van der Waals surface area contributed by atoms with Gasteiger partial charge < -0.3 is 14.8 Å². The highest BCUT2D eigenvalue weighted by Crippen LogP contribution is 2.33. The summed E-state index contributed by atoms with van der Waals surface area (Å²) in [5.41, 5.74) is 2.32. The van der Waals surface area contributed by atoms with Crippen molar-refractivity contribution in [1.82, 2.24) is 19.7 Å². The molecule has 1 aliphatic heterocycles. The van der Waals surface area contributed by atoms with Gasteiger partial charge in [-0.3, -0.25) is 9.59 Å². The molecule has 0 bridgehead atoms. The van der Waals surface area contributed by atoms with Gasteiger partial charge in [-0.05, 0) is 44.0 Å². The molecule has 1 unspecified atom stereocenters. The predicted molar refractivity (Wildman–Crippen MR) is 126 cm³/mol. The number of amides is 2. The van der Waals surface area contributed by atoms with E-state index in [0.29, 0.717) is 28.0 Å². The van der Waals surface area contributed by atoms with Crippen LogP contribution in [0.2, 0.25) is 5.02 Å². The van der Waals surface area contributed by atoms with E-state index in [9.17, 15) is 9.59 Å². The molecule has 0 radical (unpaired) electrons. The van der Waals surface area contributed by atoms with Crippen LogP contribution in [0, 0.1) is 6.92 Å². The average molecular weight is 470 g/mol. The smallest absolute Gasteiger partial charge is 0.254 e. The number of rotatable bonds is 6. The Hall–Kier alpha value is -2.84. The molecule has 4 rings (SSSR count). The number of aromatic nitrogens is 3. The summed E-state index contributed by atoms with van der Waals surface area (Å²) in [5, 5.41) is 12.6. The predicted octanol–water partition coefficient (Wildman–Crippen LogP) is 4.49. The molecule has 0 aliphatic carbocycles. The van der Waals surface area contributed by atoms with Gasteiger partial charge in [0.25, 0.3) is 5.91 Å². The van der Waals surface area contributed by atoms with Gasteiger partial charge in [0, 0.05) is 19.2 Å². The van der Waals surface area contributed by atoms with Crippen LogP contribution in [0.4, 0.5) is 5.69 Å². The van der Waals surface area contributed by atoms with Crippen molar-refractivity contribution in [3.8, 4) is 0 Å². The van der Waals surface area contributed by atoms with Crippen molar-refractivity contribution in [2.75, 3.05) is 17.6 Å². The highest BCUT2D eigenvalue weighted by Gasteiger charge is 2.34. The van der Waals surface area contributed by atoms with Crippen molar-refractivity contribution in [1.29, 1.82) is 0 Å². The van der Waals surface area contributed by atoms with Gasteiger partial charge in [0.05, 0.1) is 22.5 Å². The lowest BCUT2D eigenvalue weighted by Crippen LogP contribution is -2.32. The zero-order chi connectivity index (χ0) is 22.7. The molecule has 32 heavy (non-hydrogen) atoms. The van der Waals surface area contributed by atoms with Gasteiger partial charge in [0.2, 0.25) is 5.91 Å². The molecule has 166 valence electrons. The molecule has 3 aromatic rings. The fourth-order valence-corrected chi connectivity index (χ4v) is 4.74. The number of carbonyl (C=O) groups is 2. The van der Waals surface area contributed by atoms with Crippen molar-refractivity contribution in [3.63, 3.8) is 0 Å². The van der Waals surface area contributed by atoms with Crippen LogP contribution in [-0.4, -0.2) is 43.8 Å². The van der Waals surface area contributed by atoms with E-state index in [2.05, 4.69) is 15.5 Å². The molecule has 1 aromatic heterocycles. The monoisotopic (exact) mass is 469 g/mol. The largest absolute Gasteiger partial charge is 0.328 e. The SMILES string of the molecule is Cc1cccc(C(=O)N2CCCC2c2nnc(SCC(=O)Nc3ccccc3Cl)n2C)c1. The fraction of sp³-hybridized carbons (Fsp3) is 0.304. The normalized spacial score (nSPS) is 15.7. The molecule has 1 atom stereocenters. The maximum absolute atomic E-state index is 13.1. The minimum atomic E-state index is -0.176. The lowest BCUT2D eigenvalue weighted by Gasteiger charge is -2.24. The summed E-state index contributed by atoms with van der Waals surface area (Å²) in [6.07, 6.45) is 1.75. The second-order valence-electron chi connectivity index (χ2n) is 7.74. The van der Waals surface area contributed by atoms with E-state index in [4.69, 9.17) is 11.6 Å². The van der Waals surface area contributed by atoms with Crippen molar-refractivity contribution >= 4 is 40.9 Å². The van der Waals surface area contributed by atoms with Crippen LogP contribution in [0.3, 0.4) is 0 Å². The Balaban J connectivity index is 1.43. The Morgan fingerprint density at radius 1 is 1.19 bits per heavy atom. The number of carbonyl (C=O) groups excluding carboxylic acids is 2. The van der Waals surface area contributed by atoms with Crippen LogP contribution >= 0.6 is 23.4 Å². The lowest BCUT2D eigenvalue weighted by atomic mass is 10.1. The molecular formula is C23H24ClN5O2S. The standard InChI is InChI=1S/C23H24ClN5O2S/c1-15-7-5-8-16(13-15)22(31)29-12-6-11-19(29)21-26-27-23(28(21)2)32-14-20(30)25-18-10-4-3-9-17(18)24/h3-5,7-10,13,19H,6,11-12,14H2,1-2H3,(H,25,30). The number of anilines is 1. The molecular weight excluding hydrogens is 446 g/mol. The molecule has 1 fully saturated rings. The van der Waals surface area contributed by atoms with Gasteiger partial charge in [-0.2, -0.15) is 0 Å². The van der Waals surface area contributed by atoms with Crippen LogP contribution in [0.5, 0.6) is 0 Å². The molecule has 2 heterocycles. The molecule has 0 saturated carbocycles. The second kappa shape index (κ2) is 9.75. The van der Waals surface area contributed by atoms with E-state index in [-0.39, 0.29) is 23.6 Å². The number of nitrogens with zero attached hydrogens (tertiary/aromatic N) is 4. The molecule has 0 spiro atoms. The van der Waals surface area contributed by atoms with Gasteiger partial charge in [0.15, 0.2) is 11.0 Å². The summed E-state index contributed by atoms with van der Waals surface area (Å²) in [4.78, 5) is 27.3. The van der Waals surface area contributed by atoms with Gasteiger partial charge in [-0.1, -0.05) is 53.2 Å². The van der Waals surface area contributed by atoms with Gasteiger partial charge in [-0.25, -0.2) is 0 Å². The summed E-state index contributed by atoms with van der Waals surface area (Å²) in [5.74, 6) is 0.739. The summed E-state index contributed by atoms with van der Waals surface area (Å²) in [6, 6.07) is 14.6. The van der Waals surface area contributed by atoms with Crippen molar-refractivity contribution < 1.29 is 9.59 Å². The van der Waals surface area contributed by atoms with Crippen LogP contribution in [0.15, 0.2) is 53.7 Å². The van der Waals surface area contributed by atoms with Crippen molar-refractivity contribution in [2.24, 2.45) is 7.05 Å². The highest BCUT2D eigenvalue weighted by atomic mass is 35.5. The number of halogens is 1. The maximum atomic E-state index is 13.1. The zero-order valence-electron chi connectivity index (χ0n) is 17.9.